The minimum Gasteiger partial charge on any atom is -0.320 e. The molecule has 0 aliphatic rings. The molecular weight excluding hydrogens is 358 g/mol. The van der Waals surface area contributed by atoms with Crippen LogP contribution in [0.1, 0.15) is 22.0 Å². The summed E-state index contributed by atoms with van der Waals surface area (Å²) in [7, 11) is 0. The van der Waals surface area contributed by atoms with Crippen LogP contribution in [0.3, 0.4) is 0 Å². The van der Waals surface area contributed by atoms with E-state index in [2.05, 4.69) is 56.3 Å². The quantitative estimate of drug-likeness (QED) is 0.819. The normalized spacial score (nSPS) is 13.1. The lowest BCUT2D eigenvalue weighted by Crippen LogP contribution is -2.10. The first-order valence-electron chi connectivity index (χ1n) is 4.33. The van der Waals surface area contributed by atoms with Crippen LogP contribution >= 0.6 is 54.5 Å². The second-order valence-corrected chi connectivity index (χ2v) is 8.15. The fraction of sp³-hybridized carbons (Fsp3) is 0.200. The Morgan fingerprint density at radius 3 is 2.47 bits per heavy atom. The summed E-state index contributed by atoms with van der Waals surface area (Å²) in [5.74, 6) is 0. The van der Waals surface area contributed by atoms with Crippen LogP contribution in [0.5, 0.6) is 0 Å². The molecule has 0 saturated carbocycles. The van der Waals surface area contributed by atoms with Crippen LogP contribution in [-0.2, 0) is 0 Å². The molecule has 0 aliphatic carbocycles. The molecule has 0 amide bonds. The van der Waals surface area contributed by atoms with E-state index in [0.717, 1.165) is 7.57 Å². The van der Waals surface area contributed by atoms with Crippen LogP contribution < -0.4 is 5.73 Å². The highest BCUT2D eigenvalue weighted by Gasteiger charge is 2.15. The Balaban J connectivity index is 2.35. The van der Waals surface area contributed by atoms with E-state index >= 15 is 0 Å². The smallest absolute Gasteiger partial charge is 0.0704 e. The van der Waals surface area contributed by atoms with Crippen molar-refractivity contribution in [1.82, 2.24) is 0 Å². The monoisotopic (exact) mass is 365 g/mol. The van der Waals surface area contributed by atoms with Crippen LogP contribution in [0.15, 0.2) is 25.1 Å². The van der Waals surface area contributed by atoms with Gasteiger partial charge in [0.25, 0.3) is 0 Å². The summed E-state index contributed by atoms with van der Waals surface area (Å²) in [6.45, 7) is 2.10. The molecule has 2 aromatic heterocycles. The summed E-state index contributed by atoms with van der Waals surface area (Å²) in [5.41, 5.74) is 8.59. The topological polar surface area (TPSA) is 26.0 Å². The largest absolute Gasteiger partial charge is 0.320 e. The molecule has 1 unspecified atom stereocenters. The first kappa shape index (κ1) is 11.8. The van der Waals surface area contributed by atoms with Crippen molar-refractivity contribution in [3.05, 3.63) is 41.1 Å². The van der Waals surface area contributed by atoms with Crippen molar-refractivity contribution in [2.24, 2.45) is 5.73 Å². The van der Waals surface area contributed by atoms with Crippen LogP contribution in [0.4, 0.5) is 0 Å². The minimum absolute atomic E-state index is 0.0184. The van der Waals surface area contributed by atoms with E-state index in [0.29, 0.717) is 0 Å². The molecule has 2 N–H and O–H groups in total. The maximum atomic E-state index is 6.22. The van der Waals surface area contributed by atoms with Gasteiger partial charge in [-0.15, -0.1) is 22.7 Å². The number of rotatable bonds is 2. The highest BCUT2D eigenvalue weighted by Crippen LogP contribution is 2.34. The molecule has 0 spiro atoms. The molecule has 0 bridgehead atoms. The van der Waals surface area contributed by atoms with Gasteiger partial charge in [0, 0.05) is 4.88 Å². The SMILES string of the molecule is Cc1sc(Br)cc1C(N)c1csc(Br)c1. The highest BCUT2D eigenvalue weighted by atomic mass is 79.9. The minimum atomic E-state index is -0.0184. The summed E-state index contributed by atoms with van der Waals surface area (Å²) in [6, 6.07) is 4.17. The van der Waals surface area contributed by atoms with Crippen molar-refractivity contribution in [3.8, 4) is 0 Å². The van der Waals surface area contributed by atoms with Gasteiger partial charge in [-0.25, -0.2) is 0 Å². The highest BCUT2D eigenvalue weighted by molar-refractivity contribution is 9.11. The summed E-state index contributed by atoms with van der Waals surface area (Å²) in [6.07, 6.45) is 0. The van der Waals surface area contributed by atoms with Gasteiger partial charge in [0.15, 0.2) is 0 Å². The zero-order valence-corrected chi connectivity index (χ0v) is 12.8. The zero-order valence-electron chi connectivity index (χ0n) is 7.96. The molecule has 0 radical (unpaired) electrons. The van der Waals surface area contributed by atoms with Gasteiger partial charge in [0.2, 0.25) is 0 Å². The molecular formula is C10H9Br2NS2. The van der Waals surface area contributed by atoms with Crippen LogP contribution in [0, 0.1) is 6.92 Å². The summed E-state index contributed by atoms with van der Waals surface area (Å²) >= 11 is 10.3. The Morgan fingerprint density at radius 1 is 1.27 bits per heavy atom. The fourth-order valence-corrected chi connectivity index (χ4v) is 4.40. The van der Waals surface area contributed by atoms with E-state index in [-0.39, 0.29) is 6.04 Å². The standard InChI is InChI=1S/C10H9Br2NS2/c1-5-7(3-9(12)15-5)10(13)6-2-8(11)14-4-6/h2-4,10H,13H2,1H3. The number of halogens is 2. The van der Waals surface area contributed by atoms with E-state index in [1.807, 2.05) is 0 Å². The van der Waals surface area contributed by atoms with Crippen molar-refractivity contribution < 1.29 is 0 Å². The lowest BCUT2D eigenvalue weighted by Gasteiger charge is -2.08. The Labute approximate surface area is 114 Å². The van der Waals surface area contributed by atoms with Gasteiger partial charge in [0.1, 0.15) is 0 Å². The van der Waals surface area contributed by atoms with Gasteiger partial charge in [-0.1, -0.05) is 0 Å². The zero-order chi connectivity index (χ0) is 11.0. The van der Waals surface area contributed by atoms with Crippen molar-refractivity contribution in [2.75, 3.05) is 0 Å². The maximum Gasteiger partial charge on any atom is 0.0704 e. The number of thiophene rings is 2. The van der Waals surface area contributed by atoms with Gasteiger partial charge < -0.3 is 5.73 Å². The second kappa shape index (κ2) is 4.67. The second-order valence-electron chi connectivity index (χ2n) is 3.22. The third-order valence-electron chi connectivity index (χ3n) is 2.21. The predicted molar refractivity (Wildman–Crippen MR) is 74.8 cm³/mol. The van der Waals surface area contributed by atoms with Crippen LogP contribution in [0.2, 0.25) is 0 Å². The molecule has 80 valence electrons. The molecule has 1 nitrogen and oxygen atoms in total. The van der Waals surface area contributed by atoms with E-state index in [1.165, 1.54) is 16.0 Å². The van der Waals surface area contributed by atoms with E-state index in [9.17, 15) is 0 Å². The number of hydrogen-bond donors (Lipinski definition) is 1. The molecule has 2 aromatic rings. The van der Waals surface area contributed by atoms with E-state index in [1.54, 1.807) is 22.7 Å². The van der Waals surface area contributed by atoms with Gasteiger partial charge in [-0.05, 0) is 67.4 Å². The van der Waals surface area contributed by atoms with Crippen molar-refractivity contribution in [2.45, 2.75) is 13.0 Å². The van der Waals surface area contributed by atoms with Gasteiger partial charge in [-0.3, -0.25) is 0 Å². The van der Waals surface area contributed by atoms with Crippen molar-refractivity contribution in [3.63, 3.8) is 0 Å². The van der Waals surface area contributed by atoms with E-state index < -0.39 is 0 Å². The summed E-state index contributed by atoms with van der Waals surface area (Å²) in [5, 5.41) is 2.10. The number of hydrogen-bond acceptors (Lipinski definition) is 3. The van der Waals surface area contributed by atoms with Gasteiger partial charge in [-0.2, -0.15) is 0 Å². The Hall–Kier alpha value is 0.320. The van der Waals surface area contributed by atoms with Gasteiger partial charge in [0.05, 0.1) is 13.6 Å². The molecule has 0 aromatic carbocycles. The van der Waals surface area contributed by atoms with E-state index in [4.69, 9.17) is 5.73 Å². The Bertz CT molecular complexity index is 475. The molecule has 2 heterocycles. The molecule has 5 heteroatoms. The Morgan fingerprint density at radius 2 is 2.00 bits per heavy atom. The Kier molecular flexibility index (Phi) is 3.67. The molecule has 1 atom stereocenters. The number of aryl methyl sites for hydroxylation is 1. The third-order valence-corrected chi connectivity index (χ3v) is 5.30. The fourth-order valence-electron chi connectivity index (χ4n) is 1.43. The van der Waals surface area contributed by atoms with Crippen LogP contribution in [-0.4, -0.2) is 0 Å². The number of nitrogens with two attached hydrogens (primary N) is 1. The van der Waals surface area contributed by atoms with Crippen molar-refractivity contribution in [1.29, 1.82) is 0 Å². The first-order chi connectivity index (χ1) is 7.08. The molecule has 15 heavy (non-hydrogen) atoms. The third kappa shape index (κ3) is 2.53. The maximum absolute atomic E-state index is 6.22. The average molecular weight is 367 g/mol. The lowest BCUT2D eigenvalue weighted by atomic mass is 10.0. The molecule has 0 saturated heterocycles. The van der Waals surface area contributed by atoms with Gasteiger partial charge >= 0.3 is 0 Å². The first-order valence-corrected chi connectivity index (χ1v) is 7.61. The molecule has 0 fully saturated rings. The lowest BCUT2D eigenvalue weighted by molar-refractivity contribution is 0.874. The molecule has 2 rings (SSSR count). The summed E-state index contributed by atoms with van der Waals surface area (Å²) in [4.78, 5) is 1.27. The van der Waals surface area contributed by atoms with Crippen LogP contribution in [0.25, 0.3) is 0 Å². The van der Waals surface area contributed by atoms with Crippen molar-refractivity contribution >= 4 is 54.5 Å². The summed E-state index contributed by atoms with van der Waals surface area (Å²) < 4.78 is 2.26. The average Bonchev–Trinajstić information content (AvgIpc) is 2.71. The predicted octanol–water partition coefficient (Wildman–Crippen LogP) is 4.69. The molecule has 0 aliphatic heterocycles.